The zero-order valence-corrected chi connectivity index (χ0v) is 23.9. The molecule has 2 aromatic carbocycles. The van der Waals surface area contributed by atoms with E-state index < -0.39 is 40.3 Å². The highest BCUT2D eigenvalue weighted by Gasteiger charge is 2.43. The fraction of sp³-hybridized carbons (Fsp3) is 0.370. The summed E-state index contributed by atoms with van der Waals surface area (Å²) in [5.74, 6) is -0.674. The lowest BCUT2D eigenvalue weighted by atomic mass is 9.76. The minimum absolute atomic E-state index is 0.0245. The number of nitrogens with zero attached hydrogens (tertiary/aromatic N) is 3. The quantitative estimate of drug-likeness (QED) is 0.188. The Morgan fingerprint density at radius 1 is 1.22 bits per heavy atom. The number of hydrogen-bond acceptors (Lipinski definition) is 8. The number of ether oxygens (including phenoxy) is 2. The lowest BCUT2D eigenvalue weighted by molar-refractivity contribution is -0.384. The standard InChI is InChI=1S/C27H27BrF3N5O5/c1-26(2,3)41-25(37)35-27(8-5-9-27)23-33-12-15(13-34-23)16-10-20(21(36(38)39)11-19(16)29)32-14-17-18(28)6-4-7-22(17)40-24(30)31/h4,6-7,10-13,24,32H,5,8-9,14H2,1-3H3,(H,35,37). The molecule has 4 rings (SSSR count). The van der Waals surface area contributed by atoms with Gasteiger partial charge in [0.25, 0.3) is 5.69 Å². The smallest absolute Gasteiger partial charge is 0.408 e. The van der Waals surface area contributed by atoms with E-state index >= 15 is 4.39 Å². The summed E-state index contributed by atoms with van der Waals surface area (Å²) in [7, 11) is 0. The average molecular weight is 638 g/mol. The lowest BCUT2D eigenvalue weighted by Crippen LogP contribution is -2.53. The molecule has 0 radical (unpaired) electrons. The van der Waals surface area contributed by atoms with Crippen LogP contribution in [0, 0.1) is 15.9 Å². The molecule has 14 heteroatoms. The molecule has 1 fully saturated rings. The van der Waals surface area contributed by atoms with Gasteiger partial charge in [0, 0.05) is 40.1 Å². The van der Waals surface area contributed by atoms with Crippen LogP contribution in [0.3, 0.4) is 0 Å². The van der Waals surface area contributed by atoms with E-state index in [1.807, 2.05) is 0 Å². The number of alkyl carbamates (subject to hydrolysis) is 1. The van der Waals surface area contributed by atoms with Crippen LogP contribution in [-0.4, -0.2) is 33.2 Å². The average Bonchev–Trinajstić information content (AvgIpc) is 2.85. The molecular formula is C27H27BrF3N5O5. The highest BCUT2D eigenvalue weighted by molar-refractivity contribution is 9.10. The first kappa shape index (κ1) is 30.0. The van der Waals surface area contributed by atoms with E-state index in [4.69, 9.17) is 4.74 Å². The minimum atomic E-state index is -3.07. The van der Waals surface area contributed by atoms with Crippen molar-refractivity contribution in [3.8, 4) is 16.9 Å². The van der Waals surface area contributed by atoms with Gasteiger partial charge < -0.3 is 20.1 Å². The third-order valence-electron chi connectivity index (χ3n) is 6.37. The van der Waals surface area contributed by atoms with E-state index in [9.17, 15) is 23.7 Å². The van der Waals surface area contributed by atoms with Crippen LogP contribution in [0.4, 0.5) is 29.3 Å². The van der Waals surface area contributed by atoms with E-state index in [1.165, 1.54) is 30.6 Å². The molecule has 1 heterocycles. The molecule has 1 amide bonds. The molecule has 0 atom stereocenters. The maximum atomic E-state index is 15.1. The Morgan fingerprint density at radius 2 is 1.90 bits per heavy atom. The normalized spacial score (nSPS) is 14.2. The van der Waals surface area contributed by atoms with Gasteiger partial charge in [-0.05, 0) is 58.2 Å². The van der Waals surface area contributed by atoms with Crippen molar-refractivity contribution in [1.29, 1.82) is 0 Å². The Hall–Kier alpha value is -3.94. The van der Waals surface area contributed by atoms with Crippen LogP contribution in [0.2, 0.25) is 0 Å². The molecule has 0 saturated heterocycles. The van der Waals surface area contributed by atoms with E-state index in [1.54, 1.807) is 26.8 Å². The van der Waals surface area contributed by atoms with Crippen molar-refractivity contribution >= 4 is 33.4 Å². The van der Waals surface area contributed by atoms with Crippen molar-refractivity contribution in [1.82, 2.24) is 15.3 Å². The monoisotopic (exact) mass is 637 g/mol. The maximum Gasteiger partial charge on any atom is 0.408 e. The third kappa shape index (κ3) is 7.04. The number of nitrogens with one attached hydrogen (secondary N) is 2. The van der Waals surface area contributed by atoms with Crippen molar-refractivity contribution < 1.29 is 32.4 Å². The van der Waals surface area contributed by atoms with Gasteiger partial charge in [-0.15, -0.1) is 0 Å². The highest BCUT2D eigenvalue weighted by atomic mass is 79.9. The first-order valence-corrected chi connectivity index (χ1v) is 13.4. The highest BCUT2D eigenvalue weighted by Crippen LogP contribution is 2.40. The molecule has 0 bridgehead atoms. The van der Waals surface area contributed by atoms with Crippen molar-refractivity contribution in [2.75, 3.05) is 5.32 Å². The van der Waals surface area contributed by atoms with Crippen molar-refractivity contribution in [2.45, 2.75) is 64.3 Å². The van der Waals surface area contributed by atoms with E-state index in [0.717, 1.165) is 12.5 Å². The summed E-state index contributed by atoms with van der Waals surface area (Å²) in [5, 5.41) is 17.4. The number of aromatic nitrogens is 2. The molecular weight excluding hydrogens is 611 g/mol. The van der Waals surface area contributed by atoms with Gasteiger partial charge in [0.2, 0.25) is 0 Å². The molecule has 0 spiro atoms. The molecule has 0 aliphatic heterocycles. The van der Waals surface area contributed by atoms with Gasteiger partial charge >= 0.3 is 12.7 Å². The topological polar surface area (TPSA) is 129 Å². The second-order valence-electron chi connectivity index (χ2n) is 10.4. The van der Waals surface area contributed by atoms with Crippen LogP contribution < -0.4 is 15.4 Å². The largest absolute Gasteiger partial charge is 0.444 e. The fourth-order valence-electron chi connectivity index (χ4n) is 4.33. The van der Waals surface area contributed by atoms with Crippen LogP contribution in [-0.2, 0) is 16.8 Å². The van der Waals surface area contributed by atoms with Gasteiger partial charge in [-0.2, -0.15) is 8.78 Å². The number of carbonyl (C=O) groups is 1. The van der Waals surface area contributed by atoms with Crippen molar-refractivity contribution in [2.24, 2.45) is 0 Å². The number of benzene rings is 2. The predicted molar refractivity (Wildman–Crippen MR) is 147 cm³/mol. The van der Waals surface area contributed by atoms with Gasteiger partial charge in [0.05, 0.1) is 11.0 Å². The van der Waals surface area contributed by atoms with Crippen LogP contribution in [0.15, 0.2) is 47.2 Å². The number of hydrogen-bond donors (Lipinski definition) is 2. The van der Waals surface area contributed by atoms with Crippen molar-refractivity contribution in [3.63, 3.8) is 0 Å². The number of halogens is 4. The number of alkyl halides is 2. The molecule has 218 valence electrons. The van der Waals surface area contributed by atoms with E-state index in [0.29, 0.717) is 23.1 Å². The van der Waals surface area contributed by atoms with E-state index in [-0.39, 0.29) is 34.7 Å². The first-order chi connectivity index (χ1) is 19.3. The maximum absolute atomic E-state index is 15.1. The predicted octanol–water partition coefficient (Wildman–Crippen LogP) is 7.07. The van der Waals surface area contributed by atoms with Gasteiger partial charge in [0.15, 0.2) is 5.82 Å². The van der Waals surface area contributed by atoms with Gasteiger partial charge in [0.1, 0.15) is 28.4 Å². The minimum Gasteiger partial charge on any atom is -0.444 e. The molecule has 0 unspecified atom stereocenters. The summed E-state index contributed by atoms with van der Waals surface area (Å²) in [6.45, 7) is 2.03. The SMILES string of the molecule is CC(C)(C)OC(=O)NC1(c2ncc(-c3cc(NCc4c(Br)cccc4OC(F)F)c([N+](=O)[O-])cc3F)cn2)CCC1. The van der Waals surface area contributed by atoms with Crippen LogP contribution >= 0.6 is 15.9 Å². The Morgan fingerprint density at radius 3 is 2.46 bits per heavy atom. The first-order valence-electron chi connectivity index (χ1n) is 12.6. The molecule has 1 saturated carbocycles. The molecule has 1 aromatic heterocycles. The zero-order chi connectivity index (χ0) is 29.9. The second kappa shape index (κ2) is 11.9. The van der Waals surface area contributed by atoms with Gasteiger partial charge in [-0.25, -0.2) is 19.2 Å². The zero-order valence-electron chi connectivity index (χ0n) is 22.3. The van der Waals surface area contributed by atoms with Gasteiger partial charge in [-0.3, -0.25) is 10.1 Å². The molecule has 3 aromatic rings. The number of nitro benzene ring substituents is 1. The lowest BCUT2D eigenvalue weighted by Gasteiger charge is -2.41. The molecule has 2 N–H and O–H groups in total. The summed E-state index contributed by atoms with van der Waals surface area (Å²) in [6, 6.07) is 6.44. The number of nitro groups is 1. The summed E-state index contributed by atoms with van der Waals surface area (Å²) in [6.07, 6.45) is 4.17. The fourth-order valence-corrected chi connectivity index (χ4v) is 4.81. The summed E-state index contributed by atoms with van der Waals surface area (Å²) < 4.78 is 51.2. The second-order valence-corrected chi connectivity index (χ2v) is 11.3. The summed E-state index contributed by atoms with van der Waals surface area (Å²) in [4.78, 5) is 32.1. The molecule has 1 aliphatic rings. The van der Waals surface area contributed by atoms with Gasteiger partial charge in [-0.1, -0.05) is 22.0 Å². The van der Waals surface area contributed by atoms with E-state index in [2.05, 4.69) is 41.3 Å². The number of amides is 1. The summed E-state index contributed by atoms with van der Waals surface area (Å²) in [5.41, 5.74) is -1.63. The Kier molecular flexibility index (Phi) is 8.71. The number of carbonyl (C=O) groups excluding carboxylic acids is 1. The third-order valence-corrected chi connectivity index (χ3v) is 7.11. The molecule has 41 heavy (non-hydrogen) atoms. The van der Waals surface area contributed by atoms with Crippen LogP contribution in [0.5, 0.6) is 5.75 Å². The molecule has 1 aliphatic carbocycles. The Bertz CT molecular complexity index is 1450. The number of anilines is 1. The molecule has 10 nitrogen and oxygen atoms in total. The van der Waals surface area contributed by atoms with Crippen LogP contribution in [0.25, 0.3) is 11.1 Å². The number of rotatable bonds is 9. The Balaban J connectivity index is 1.61. The summed E-state index contributed by atoms with van der Waals surface area (Å²) >= 11 is 3.27. The van der Waals surface area contributed by atoms with Crippen molar-refractivity contribution in [3.05, 3.63) is 74.5 Å². The van der Waals surface area contributed by atoms with Crippen LogP contribution in [0.1, 0.15) is 51.4 Å². The Labute approximate surface area is 241 Å².